The van der Waals surface area contributed by atoms with Crippen molar-refractivity contribution in [1.29, 1.82) is 0 Å². The molecule has 2 aromatic rings. The molecule has 0 saturated heterocycles. The lowest BCUT2D eigenvalue weighted by Gasteiger charge is -2.19. The van der Waals surface area contributed by atoms with Gasteiger partial charge in [0, 0.05) is 36.8 Å². The molecule has 20 heavy (non-hydrogen) atoms. The molecule has 1 N–H and O–H groups in total. The first-order valence-electron chi connectivity index (χ1n) is 5.91. The van der Waals surface area contributed by atoms with Gasteiger partial charge in [0.25, 0.3) is 5.91 Å². The average molecular weight is 296 g/mol. The molecular formula is C12H16N4O3S. The zero-order valence-electron chi connectivity index (χ0n) is 11.5. The van der Waals surface area contributed by atoms with E-state index in [2.05, 4.69) is 9.47 Å². The second-order valence-corrected chi connectivity index (χ2v) is 5.02. The maximum Gasteiger partial charge on any atom is 0.256 e. The summed E-state index contributed by atoms with van der Waals surface area (Å²) in [5.41, 5.74) is 1.28. The summed E-state index contributed by atoms with van der Waals surface area (Å²) in [7, 11) is 4.89. The Morgan fingerprint density at radius 2 is 2.40 bits per heavy atom. The number of aryl methyl sites for hydroxylation is 1. The number of carbonyl (C=O) groups is 1. The average Bonchev–Trinajstić information content (AvgIpc) is 3.05. The molecule has 8 heteroatoms. The van der Waals surface area contributed by atoms with Gasteiger partial charge >= 0.3 is 0 Å². The third-order valence-corrected chi connectivity index (χ3v) is 3.52. The zero-order chi connectivity index (χ0) is 14.7. The topological polar surface area (TPSA) is 80.5 Å². The summed E-state index contributed by atoms with van der Waals surface area (Å²) in [5.74, 6) is 0.108. The Balaban J connectivity index is 2.05. The molecule has 0 saturated carbocycles. The number of aliphatic hydroxyl groups is 1. The van der Waals surface area contributed by atoms with Gasteiger partial charge in [-0.2, -0.15) is 9.47 Å². The van der Waals surface area contributed by atoms with Crippen LogP contribution in [0.3, 0.4) is 0 Å². The second-order valence-electron chi connectivity index (χ2n) is 4.39. The highest BCUT2D eigenvalue weighted by Crippen LogP contribution is 2.21. The van der Waals surface area contributed by atoms with E-state index in [-0.39, 0.29) is 0 Å². The first kappa shape index (κ1) is 14.5. The minimum Gasteiger partial charge on any atom is -0.480 e. The number of carbonyl (C=O) groups excluding carboxylic acids is 1. The van der Waals surface area contributed by atoms with Gasteiger partial charge in [-0.1, -0.05) is 0 Å². The van der Waals surface area contributed by atoms with E-state index in [1.54, 1.807) is 20.3 Å². The van der Waals surface area contributed by atoms with Gasteiger partial charge in [0.1, 0.15) is 0 Å². The molecule has 1 amide bonds. The third-order valence-electron chi connectivity index (χ3n) is 2.86. The molecule has 7 nitrogen and oxygen atoms in total. The molecule has 0 aliphatic rings. The van der Waals surface area contributed by atoms with Crippen LogP contribution in [0, 0.1) is 0 Å². The van der Waals surface area contributed by atoms with Crippen LogP contribution in [0.4, 0.5) is 0 Å². The molecule has 0 aromatic carbocycles. The largest absolute Gasteiger partial charge is 0.480 e. The van der Waals surface area contributed by atoms with Crippen LogP contribution in [0.15, 0.2) is 17.8 Å². The van der Waals surface area contributed by atoms with Crippen molar-refractivity contribution in [2.24, 2.45) is 7.05 Å². The van der Waals surface area contributed by atoms with Crippen molar-refractivity contribution in [2.45, 2.75) is 12.6 Å². The Bertz CT molecular complexity index is 595. The molecule has 2 aromatic heterocycles. The van der Waals surface area contributed by atoms with Gasteiger partial charge < -0.3 is 14.7 Å². The van der Waals surface area contributed by atoms with Crippen molar-refractivity contribution in [3.63, 3.8) is 0 Å². The number of amides is 1. The van der Waals surface area contributed by atoms with Crippen LogP contribution in [0.1, 0.15) is 17.2 Å². The van der Waals surface area contributed by atoms with Gasteiger partial charge in [0.05, 0.1) is 19.9 Å². The fourth-order valence-corrected chi connectivity index (χ4v) is 2.43. The van der Waals surface area contributed by atoms with Crippen LogP contribution in [0.25, 0.3) is 0 Å². The summed E-state index contributed by atoms with van der Waals surface area (Å²) in [4.78, 5) is 13.6. The van der Waals surface area contributed by atoms with E-state index < -0.39 is 12.0 Å². The molecule has 0 bridgehead atoms. The Morgan fingerprint density at radius 1 is 1.65 bits per heavy atom. The van der Waals surface area contributed by atoms with Crippen LogP contribution < -0.4 is 4.74 Å². The van der Waals surface area contributed by atoms with Gasteiger partial charge in [0.15, 0.2) is 6.10 Å². The minimum atomic E-state index is -1.22. The van der Waals surface area contributed by atoms with Gasteiger partial charge in [-0.3, -0.25) is 9.48 Å². The number of ether oxygens (including phenoxy) is 1. The van der Waals surface area contributed by atoms with Crippen molar-refractivity contribution in [3.05, 3.63) is 28.9 Å². The van der Waals surface area contributed by atoms with Crippen molar-refractivity contribution in [2.75, 3.05) is 14.2 Å². The Labute approximate surface area is 120 Å². The number of hydrogen-bond donors (Lipinski definition) is 1. The van der Waals surface area contributed by atoms with Crippen molar-refractivity contribution in [3.8, 4) is 5.88 Å². The van der Waals surface area contributed by atoms with Crippen molar-refractivity contribution >= 4 is 17.4 Å². The number of methoxy groups -OCH3 is 1. The monoisotopic (exact) mass is 296 g/mol. The zero-order valence-corrected chi connectivity index (χ0v) is 12.3. The minimum absolute atomic E-state index is 0.329. The normalized spacial score (nSPS) is 12.2. The third kappa shape index (κ3) is 2.97. The molecular weight excluding hydrogens is 280 g/mol. The predicted octanol–water partition coefficient (Wildman–Crippen LogP) is 0.577. The smallest absolute Gasteiger partial charge is 0.256 e. The number of likely N-dealkylation sites (N-methyl/N-ethyl adjacent to an activating group) is 1. The molecule has 1 unspecified atom stereocenters. The maximum absolute atomic E-state index is 12.2. The van der Waals surface area contributed by atoms with Gasteiger partial charge in [-0.15, -0.1) is 0 Å². The number of aliphatic hydroxyl groups excluding tert-OH is 1. The van der Waals surface area contributed by atoms with E-state index in [4.69, 9.17) is 4.74 Å². The lowest BCUT2D eigenvalue weighted by atomic mass is 10.2. The molecule has 0 spiro atoms. The van der Waals surface area contributed by atoms with E-state index >= 15 is 0 Å². The standard InChI is InChI=1S/C12H16N4O3S/c1-15(5-9-7-20-14-11(9)19-3)12(18)10(17)8-4-13-16(2)6-8/h4,6-7,10,17H,5H2,1-3H3. The highest BCUT2D eigenvalue weighted by atomic mass is 32.1. The lowest BCUT2D eigenvalue weighted by Crippen LogP contribution is -2.31. The van der Waals surface area contributed by atoms with E-state index in [1.807, 2.05) is 5.38 Å². The number of aromatic nitrogens is 3. The summed E-state index contributed by atoms with van der Waals surface area (Å²) in [5, 5.41) is 15.8. The highest BCUT2D eigenvalue weighted by molar-refractivity contribution is 7.03. The quantitative estimate of drug-likeness (QED) is 0.873. The SMILES string of the molecule is COc1nscc1CN(C)C(=O)C(O)c1cnn(C)c1. The summed E-state index contributed by atoms with van der Waals surface area (Å²) in [6, 6.07) is 0. The Kier molecular flexibility index (Phi) is 4.35. The van der Waals surface area contributed by atoms with Crippen LogP contribution in [-0.4, -0.2) is 44.2 Å². The molecule has 1 atom stereocenters. The van der Waals surface area contributed by atoms with Crippen LogP contribution >= 0.6 is 11.5 Å². The predicted molar refractivity (Wildman–Crippen MR) is 73.3 cm³/mol. The molecule has 0 fully saturated rings. The summed E-state index contributed by atoms with van der Waals surface area (Å²) >= 11 is 1.26. The fraction of sp³-hybridized carbons (Fsp3) is 0.417. The first-order valence-corrected chi connectivity index (χ1v) is 6.75. The van der Waals surface area contributed by atoms with Gasteiger partial charge in [0.2, 0.25) is 5.88 Å². The van der Waals surface area contributed by atoms with Crippen molar-refractivity contribution < 1.29 is 14.6 Å². The second kappa shape index (κ2) is 6.02. The van der Waals surface area contributed by atoms with E-state index in [1.165, 1.54) is 34.4 Å². The van der Waals surface area contributed by atoms with Gasteiger partial charge in [-0.25, -0.2) is 0 Å². The highest BCUT2D eigenvalue weighted by Gasteiger charge is 2.23. The Hall–Kier alpha value is -1.93. The maximum atomic E-state index is 12.2. The summed E-state index contributed by atoms with van der Waals surface area (Å²) in [6.45, 7) is 0.329. The molecule has 0 radical (unpaired) electrons. The van der Waals surface area contributed by atoms with E-state index in [0.717, 1.165) is 5.56 Å². The molecule has 0 aliphatic carbocycles. The van der Waals surface area contributed by atoms with Crippen LogP contribution in [0.5, 0.6) is 5.88 Å². The fourth-order valence-electron chi connectivity index (χ4n) is 1.79. The first-order chi connectivity index (χ1) is 9.52. The molecule has 0 aliphatic heterocycles. The summed E-state index contributed by atoms with van der Waals surface area (Å²) < 4.78 is 10.7. The molecule has 108 valence electrons. The van der Waals surface area contributed by atoms with Crippen LogP contribution in [0.2, 0.25) is 0 Å². The molecule has 2 heterocycles. The molecule has 2 rings (SSSR count). The number of hydrogen-bond acceptors (Lipinski definition) is 6. The van der Waals surface area contributed by atoms with E-state index in [9.17, 15) is 9.90 Å². The Morgan fingerprint density at radius 3 is 3.00 bits per heavy atom. The number of nitrogens with zero attached hydrogens (tertiary/aromatic N) is 4. The lowest BCUT2D eigenvalue weighted by molar-refractivity contribution is -0.139. The number of rotatable bonds is 5. The van der Waals surface area contributed by atoms with Crippen molar-refractivity contribution in [1.82, 2.24) is 19.1 Å². The van der Waals surface area contributed by atoms with E-state index in [0.29, 0.717) is 18.0 Å². The van der Waals surface area contributed by atoms with Gasteiger partial charge in [-0.05, 0) is 11.5 Å². The summed E-state index contributed by atoms with van der Waals surface area (Å²) in [6.07, 6.45) is 1.87. The van der Waals surface area contributed by atoms with Crippen LogP contribution in [-0.2, 0) is 18.4 Å².